The van der Waals surface area contributed by atoms with E-state index in [4.69, 9.17) is 14.6 Å². The number of benzene rings is 1. The van der Waals surface area contributed by atoms with Crippen molar-refractivity contribution < 1.29 is 24.2 Å². The Bertz CT molecular complexity index is 444. The highest BCUT2D eigenvalue weighted by Crippen LogP contribution is 2.23. The number of ether oxygens (including phenoxy) is 2. The van der Waals surface area contributed by atoms with Gasteiger partial charge in [-0.15, -0.1) is 0 Å². The first-order chi connectivity index (χ1) is 8.58. The maximum absolute atomic E-state index is 11.4. The van der Waals surface area contributed by atoms with Crippen LogP contribution in [0.3, 0.4) is 0 Å². The molecule has 18 heavy (non-hydrogen) atoms. The van der Waals surface area contributed by atoms with Crippen LogP contribution in [0.2, 0.25) is 0 Å². The van der Waals surface area contributed by atoms with Crippen molar-refractivity contribution in [3.8, 4) is 5.75 Å². The fourth-order valence-corrected chi connectivity index (χ4v) is 1.36. The SMILES string of the molecule is COCCC(=O)Nc1ccc(C(=O)O)c(OC)c1. The number of carboxylic acids is 1. The minimum absolute atomic E-state index is 0.0485. The fraction of sp³-hybridized carbons (Fsp3) is 0.333. The van der Waals surface area contributed by atoms with Gasteiger partial charge in [0.15, 0.2) is 0 Å². The molecule has 0 spiro atoms. The van der Waals surface area contributed by atoms with E-state index in [9.17, 15) is 9.59 Å². The van der Waals surface area contributed by atoms with E-state index >= 15 is 0 Å². The molecule has 6 nitrogen and oxygen atoms in total. The Balaban J connectivity index is 2.79. The monoisotopic (exact) mass is 253 g/mol. The van der Waals surface area contributed by atoms with E-state index in [-0.39, 0.29) is 23.6 Å². The van der Waals surface area contributed by atoms with Crippen LogP contribution < -0.4 is 10.1 Å². The van der Waals surface area contributed by atoms with Gasteiger partial charge in [-0.3, -0.25) is 4.79 Å². The zero-order valence-electron chi connectivity index (χ0n) is 10.2. The predicted octanol–water partition coefficient (Wildman–Crippen LogP) is 1.37. The summed E-state index contributed by atoms with van der Waals surface area (Å²) in [5.41, 5.74) is 0.533. The molecule has 0 heterocycles. The average molecular weight is 253 g/mol. The Hall–Kier alpha value is -2.08. The second kappa shape index (κ2) is 6.61. The van der Waals surface area contributed by atoms with Crippen LogP contribution in [0, 0.1) is 0 Å². The first-order valence-corrected chi connectivity index (χ1v) is 5.28. The summed E-state index contributed by atoms with van der Waals surface area (Å²) < 4.78 is 9.74. The molecule has 0 radical (unpaired) electrons. The molecule has 0 bridgehead atoms. The van der Waals surface area contributed by atoms with E-state index in [1.807, 2.05) is 0 Å². The molecule has 0 unspecified atom stereocenters. The summed E-state index contributed by atoms with van der Waals surface area (Å²) in [4.78, 5) is 22.3. The topological polar surface area (TPSA) is 84.9 Å². The summed E-state index contributed by atoms with van der Waals surface area (Å²) in [6.45, 7) is 0.330. The largest absolute Gasteiger partial charge is 0.496 e. The highest BCUT2D eigenvalue weighted by molar-refractivity contribution is 5.94. The first kappa shape index (κ1) is 14.0. The molecule has 0 aliphatic carbocycles. The van der Waals surface area contributed by atoms with Crippen molar-refractivity contribution >= 4 is 17.6 Å². The third-order valence-corrected chi connectivity index (χ3v) is 2.25. The number of methoxy groups -OCH3 is 2. The summed E-state index contributed by atoms with van der Waals surface area (Å²) >= 11 is 0. The normalized spacial score (nSPS) is 9.89. The van der Waals surface area contributed by atoms with E-state index in [1.54, 1.807) is 0 Å². The smallest absolute Gasteiger partial charge is 0.339 e. The molecular weight excluding hydrogens is 238 g/mol. The number of aromatic carboxylic acids is 1. The number of carboxylic acid groups (broad SMARTS) is 1. The molecule has 0 aliphatic rings. The van der Waals surface area contributed by atoms with Crippen LogP contribution in [-0.4, -0.2) is 37.8 Å². The molecule has 1 rings (SSSR count). The van der Waals surface area contributed by atoms with Gasteiger partial charge in [0.05, 0.1) is 20.1 Å². The number of carbonyl (C=O) groups is 2. The number of rotatable bonds is 6. The maximum atomic E-state index is 11.4. The second-order valence-electron chi connectivity index (χ2n) is 3.51. The van der Waals surface area contributed by atoms with Crippen LogP contribution in [0.4, 0.5) is 5.69 Å². The first-order valence-electron chi connectivity index (χ1n) is 5.28. The van der Waals surface area contributed by atoms with Gasteiger partial charge in [0, 0.05) is 18.9 Å². The van der Waals surface area contributed by atoms with E-state index < -0.39 is 5.97 Å². The van der Waals surface area contributed by atoms with Gasteiger partial charge in [-0.05, 0) is 12.1 Å². The van der Waals surface area contributed by atoms with Crippen LogP contribution in [-0.2, 0) is 9.53 Å². The van der Waals surface area contributed by atoms with E-state index in [1.165, 1.54) is 32.4 Å². The molecule has 0 aromatic heterocycles. The molecule has 6 heteroatoms. The van der Waals surface area contributed by atoms with E-state index in [2.05, 4.69) is 5.32 Å². The number of hydrogen-bond donors (Lipinski definition) is 2. The summed E-state index contributed by atoms with van der Waals surface area (Å²) in [6, 6.07) is 4.36. The summed E-state index contributed by atoms with van der Waals surface area (Å²) in [5, 5.41) is 11.5. The molecule has 1 amide bonds. The number of carbonyl (C=O) groups excluding carboxylic acids is 1. The lowest BCUT2D eigenvalue weighted by molar-refractivity contribution is -0.117. The van der Waals surface area contributed by atoms with Crippen LogP contribution in [0.25, 0.3) is 0 Å². The standard InChI is InChI=1S/C12H15NO5/c1-17-6-5-11(14)13-8-3-4-9(12(15)16)10(7-8)18-2/h3-4,7H,5-6H2,1-2H3,(H,13,14)(H,15,16). The average Bonchev–Trinajstić information content (AvgIpc) is 2.35. The zero-order chi connectivity index (χ0) is 13.5. The number of nitrogens with one attached hydrogen (secondary N) is 1. The highest BCUT2D eigenvalue weighted by Gasteiger charge is 2.12. The molecular formula is C12H15NO5. The third-order valence-electron chi connectivity index (χ3n) is 2.25. The van der Waals surface area contributed by atoms with Crippen LogP contribution in [0.15, 0.2) is 18.2 Å². The van der Waals surface area contributed by atoms with Crippen molar-refractivity contribution in [2.75, 3.05) is 26.1 Å². The van der Waals surface area contributed by atoms with Crippen molar-refractivity contribution in [2.45, 2.75) is 6.42 Å². The third kappa shape index (κ3) is 3.74. The number of hydrogen-bond acceptors (Lipinski definition) is 4. The lowest BCUT2D eigenvalue weighted by Crippen LogP contribution is -2.14. The van der Waals surface area contributed by atoms with Gasteiger partial charge in [-0.2, -0.15) is 0 Å². The minimum atomic E-state index is -1.08. The van der Waals surface area contributed by atoms with Crippen molar-refractivity contribution in [3.05, 3.63) is 23.8 Å². The zero-order valence-corrected chi connectivity index (χ0v) is 10.2. The van der Waals surface area contributed by atoms with Gasteiger partial charge >= 0.3 is 5.97 Å². The quantitative estimate of drug-likeness (QED) is 0.799. The maximum Gasteiger partial charge on any atom is 0.339 e. The van der Waals surface area contributed by atoms with Gasteiger partial charge in [0.25, 0.3) is 0 Å². The van der Waals surface area contributed by atoms with Crippen LogP contribution in [0.1, 0.15) is 16.8 Å². The Kier molecular flexibility index (Phi) is 5.13. The van der Waals surface area contributed by atoms with E-state index in [0.29, 0.717) is 12.3 Å². The molecule has 0 fully saturated rings. The number of amides is 1. The van der Waals surface area contributed by atoms with Gasteiger partial charge in [0.2, 0.25) is 5.91 Å². The molecule has 0 saturated heterocycles. The van der Waals surface area contributed by atoms with E-state index in [0.717, 1.165) is 0 Å². The Morgan fingerprint density at radius 2 is 2.06 bits per heavy atom. The van der Waals surface area contributed by atoms with Gasteiger partial charge in [-0.25, -0.2) is 4.79 Å². The molecule has 1 aromatic rings. The fourth-order valence-electron chi connectivity index (χ4n) is 1.36. The Morgan fingerprint density at radius 1 is 1.33 bits per heavy atom. The van der Waals surface area contributed by atoms with Crippen molar-refractivity contribution in [2.24, 2.45) is 0 Å². The summed E-state index contributed by atoms with van der Waals surface area (Å²) in [5.74, 6) is -1.09. The second-order valence-corrected chi connectivity index (χ2v) is 3.51. The summed E-state index contributed by atoms with van der Waals surface area (Å²) in [6.07, 6.45) is 0.236. The molecule has 0 atom stereocenters. The van der Waals surface area contributed by atoms with Crippen LogP contribution in [0.5, 0.6) is 5.75 Å². The lowest BCUT2D eigenvalue weighted by atomic mass is 10.2. The van der Waals surface area contributed by atoms with Crippen molar-refractivity contribution in [1.29, 1.82) is 0 Å². The summed E-state index contributed by atoms with van der Waals surface area (Å²) in [7, 11) is 2.89. The van der Waals surface area contributed by atoms with Crippen molar-refractivity contribution in [3.63, 3.8) is 0 Å². The van der Waals surface area contributed by atoms with Gasteiger partial charge < -0.3 is 19.9 Å². The van der Waals surface area contributed by atoms with Crippen LogP contribution >= 0.6 is 0 Å². The molecule has 2 N–H and O–H groups in total. The minimum Gasteiger partial charge on any atom is -0.496 e. The van der Waals surface area contributed by atoms with Gasteiger partial charge in [0.1, 0.15) is 11.3 Å². The molecule has 98 valence electrons. The Labute approximate surface area is 105 Å². The van der Waals surface area contributed by atoms with Crippen molar-refractivity contribution in [1.82, 2.24) is 0 Å². The Morgan fingerprint density at radius 3 is 2.61 bits per heavy atom. The molecule has 1 aromatic carbocycles. The highest BCUT2D eigenvalue weighted by atomic mass is 16.5. The van der Waals surface area contributed by atoms with Gasteiger partial charge in [-0.1, -0.05) is 0 Å². The number of anilines is 1. The molecule has 0 aliphatic heterocycles. The predicted molar refractivity (Wildman–Crippen MR) is 65.1 cm³/mol. The lowest BCUT2D eigenvalue weighted by Gasteiger charge is -2.09. The molecule has 0 saturated carbocycles.